The highest BCUT2D eigenvalue weighted by molar-refractivity contribution is 7.10. The lowest BCUT2D eigenvalue weighted by atomic mass is 10.1. The van der Waals surface area contributed by atoms with E-state index in [1.807, 2.05) is 4.90 Å². The molecule has 1 aromatic carbocycles. The van der Waals surface area contributed by atoms with E-state index in [1.54, 1.807) is 29.5 Å². The van der Waals surface area contributed by atoms with Gasteiger partial charge in [-0.3, -0.25) is 9.59 Å². The topological polar surface area (TPSA) is 58.6 Å². The zero-order valence-electron chi connectivity index (χ0n) is 14.0. The van der Waals surface area contributed by atoms with E-state index in [-0.39, 0.29) is 31.4 Å². The normalized spacial score (nSPS) is 13.2. The van der Waals surface area contributed by atoms with Crippen molar-refractivity contribution in [2.75, 3.05) is 19.7 Å². The third-order valence-electron chi connectivity index (χ3n) is 4.07. The highest BCUT2D eigenvalue weighted by Gasteiger charge is 2.21. The van der Waals surface area contributed by atoms with Gasteiger partial charge < -0.3 is 15.0 Å². The molecule has 0 radical (unpaired) electrons. The van der Waals surface area contributed by atoms with E-state index in [0.29, 0.717) is 22.3 Å². The maximum atomic E-state index is 12.3. The van der Waals surface area contributed by atoms with Crippen molar-refractivity contribution in [2.45, 2.75) is 19.4 Å². The fraction of sp³-hybridized carbons (Fsp3) is 0.333. The van der Waals surface area contributed by atoms with E-state index in [2.05, 4.69) is 16.8 Å². The molecule has 3 rings (SSSR count). The maximum Gasteiger partial charge on any atom is 0.257 e. The Morgan fingerprint density at radius 2 is 2.12 bits per heavy atom. The van der Waals surface area contributed by atoms with Crippen LogP contribution < -0.4 is 10.1 Å². The van der Waals surface area contributed by atoms with Crippen LogP contribution in [0.15, 0.2) is 29.6 Å². The Morgan fingerprint density at radius 1 is 1.27 bits per heavy atom. The lowest BCUT2D eigenvalue weighted by Gasteiger charge is -2.27. The molecular weight excluding hydrogens is 395 g/mol. The summed E-state index contributed by atoms with van der Waals surface area (Å²) in [5.41, 5.74) is 1.23. The number of nitrogens with zero attached hydrogens (tertiary/aromatic N) is 1. The van der Waals surface area contributed by atoms with Gasteiger partial charge in [0.15, 0.2) is 6.61 Å². The van der Waals surface area contributed by atoms with Crippen LogP contribution in [0.4, 0.5) is 0 Å². The lowest BCUT2D eigenvalue weighted by Crippen LogP contribution is -2.38. The minimum absolute atomic E-state index is 0.0426. The van der Waals surface area contributed by atoms with Crippen LogP contribution in [0.3, 0.4) is 0 Å². The Bertz CT molecular complexity index is 809. The number of carbonyl (C=O) groups excluding carboxylic acids is 2. The molecule has 1 aliphatic heterocycles. The van der Waals surface area contributed by atoms with Crippen molar-refractivity contribution >= 4 is 46.4 Å². The van der Waals surface area contributed by atoms with Gasteiger partial charge in [-0.1, -0.05) is 23.2 Å². The Kier molecular flexibility index (Phi) is 6.40. The SMILES string of the molecule is O=C(COc1cc(Cl)ccc1Cl)NCCC(=O)N1CCc2sccc2C1. The van der Waals surface area contributed by atoms with Crippen LogP contribution in [0.5, 0.6) is 5.75 Å². The minimum Gasteiger partial charge on any atom is -0.482 e. The molecule has 2 heterocycles. The van der Waals surface area contributed by atoms with Crippen molar-refractivity contribution in [1.29, 1.82) is 0 Å². The standard InChI is InChI=1S/C18H18Cl2N2O3S/c19-13-1-2-14(20)15(9-13)25-11-17(23)21-6-3-18(24)22-7-4-16-12(10-22)5-8-26-16/h1-2,5,8-9H,3-4,6-7,10-11H2,(H,21,23). The predicted octanol–water partition coefficient (Wildman–Crippen LogP) is 3.52. The predicted molar refractivity (Wildman–Crippen MR) is 103 cm³/mol. The largest absolute Gasteiger partial charge is 0.482 e. The van der Waals surface area contributed by atoms with Crippen LogP contribution in [0, 0.1) is 0 Å². The minimum atomic E-state index is -0.312. The summed E-state index contributed by atoms with van der Waals surface area (Å²) in [7, 11) is 0. The van der Waals surface area contributed by atoms with E-state index in [0.717, 1.165) is 13.0 Å². The molecule has 0 spiro atoms. The molecule has 1 N–H and O–H groups in total. The Labute approximate surface area is 165 Å². The summed E-state index contributed by atoms with van der Waals surface area (Å²) >= 11 is 13.6. The summed E-state index contributed by atoms with van der Waals surface area (Å²) in [5.74, 6) is 0.0823. The van der Waals surface area contributed by atoms with Crippen molar-refractivity contribution in [3.63, 3.8) is 0 Å². The van der Waals surface area contributed by atoms with E-state index in [4.69, 9.17) is 27.9 Å². The number of rotatable bonds is 6. The zero-order chi connectivity index (χ0) is 18.5. The van der Waals surface area contributed by atoms with Crippen LogP contribution >= 0.6 is 34.5 Å². The molecule has 0 atom stereocenters. The quantitative estimate of drug-likeness (QED) is 0.789. The van der Waals surface area contributed by atoms with Gasteiger partial charge in [-0.15, -0.1) is 11.3 Å². The van der Waals surface area contributed by atoms with Gasteiger partial charge in [0, 0.05) is 42.0 Å². The first kappa shape index (κ1) is 19.0. The number of thiophene rings is 1. The smallest absolute Gasteiger partial charge is 0.257 e. The van der Waals surface area contributed by atoms with Crippen molar-refractivity contribution in [1.82, 2.24) is 10.2 Å². The van der Waals surface area contributed by atoms with Crippen molar-refractivity contribution in [3.05, 3.63) is 50.1 Å². The van der Waals surface area contributed by atoms with Gasteiger partial charge in [-0.25, -0.2) is 0 Å². The second-order valence-electron chi connectivity index (χ2n) is 5.90. The van der Waals surface area contributed by atoms with E-state index < -0.39 is 0 Å². The molecule has 5 nitrogen and oxygen atoms in total. The highest BCUT2D eigenvalue weighted by Crippen LogP contribution is 2.27. The van der Waals surface area contributed by atoms with Gasteiger partial charge in [-0.05, 0) is 35.6 Å². The molecular formula is C18H18Cl2N2O3S. The molecule has 0 aliphatic carbocycles. The Hall–Kier alpha value is -1.76. The molecule has 0 saturated heterocycles. The van der Waals surface area contributed by atoms with Crippen LogP contribution in [-0.2, 0) is 22.6 Å². The van der Waals surface area contributed by atoms with Gasteiger partial charge in [0.1, 0.15) is 5.75 Å². The van der Waals surface area contributed by atoms with Crippen molar-refractivity contribution in [2.24, 2.45) is 0 Å². The summed E-state index contributed by atoms with van der Waals surface area (Å²) in [6.45, 7) is 1.48. The second-order valence-corrected chi connectivity index (χ2v) is 7.74. The number of hydrogen-bond acceptors (Lipinski definition) is 4. The summed E-state index contributed by atoms with van der Waals surface area (Å²) in [6, 6.07) is 6.87. The highest BCUT2D eigenvalue weighted by atomic mass is 35.5. The van der Waals surface area contributed by atoms with Gasteiger partial charge in [0.05, 0.1) is 5.02 Å². The number of hydrogen-bond donors (Lipinski definition) is 1. The first-order chi connectivity index (χ1) is 12.5. The van der Waals surface area contributed by atoms with Crippen LogP contribution in [0.2, 0.25) is 10.0 Å². The third-order valence-corrected chi connectivity index (χ3v) is 5.64. The summed E-state index contributed by atoms with van der Waals surface area (Å²) < 4.78 is 5.36. The molecule has 0 fully saturated rings. The molecule has 26 heavy (non-hydrogen) atoms. The average molecular weight is 413 g/mol. The molecule has 0 bridgehead atoms. The Balaban J connectivity index is 1.38. The second kappa shape index (κ2) is 8.75. The lowest BCUT2D eigenvalue weighted by molar-refractivity contribution is -0.132. The van der Waals surface area contributed by atoms with Gasteiger partial charge in [-0.2, -0.15) is 0 Å². The monoisotopic (exact) mass is 412 g/mol. The first-order valence-corrected chi connectivity index (χ1v) is 9.84. The van der Waals surface area contributed by atoms with E-state index in [9.17, 15) is 9.59 Å². The number of nitrogens with one attached hydrogen (secondary N) is 1. The number of halogens is 2. The number of carbonyl (C=O) groups is 2. The van der Waals surface area contributed by atoms with E-state index in [1.165, 1.54) is 10.4 Å². The van der Waals surface area contributed by atoms with Crippen molar-refractivity contribution < 1.29 is 14.3 Å². The fourth-order valence-corrected chi connectivity index (χ4v) is 3.93. The van der Waals surface area contributed by atoms with Crippen LogP contribution in [0.25, 0.3) is 0 Å². The van der Waals surface area contributed by atoms with Gasteiger partial charge in [0.25, 0.3) is 5.91 Å². The molecule has 2 amide bonds. The molecule has 138 valence electrons. The average Bonchev–Trinajstić information content (AvgIpc) is 3.10. The molecule has 0 unspecified atom stereocenters. The van der Waals surface area contributed by atoms with Crippen LogP contribution in [-0.4, -0.2) is 36.4 Å². The fourth-order valence-electron chi connectivity index (χ4n) is 2.71. The number of ether oxygens (including phenoxy) is 1. The Morgan fingerprint density at radius 3 is 2.96 bits per heavy atom. The van der Waals surface area contributed by atoms with Gasteiger partial charge in [0.2, 0.25) is 5.91 Å². The number of benzene rings is 1. The number of fused-ring (bicyclic) bond motifs is 1. The molecule has 0 saturated carbocycles. The number of amides is 2. The maximum absolute atomic E-state index is 12.3. The van der Waals surface area contributed by atoms with Crippen molar-refractivity contribution in [3.8, 4) is 5.75 Å². The zero-order valence-corrected chi connectivity index (χ0v) is 16.3. The summed E-state index contributed by atoms with van der Waals surface area (Å²) in [6.07, 6.45) is 1.17. The van der Waals surface area contributed by atoms with E-state index >= 15 is 0 Å². The molecule has 2 aromatic rings. The third kappa shape index (κ3) is 4.90. The molecule has 1 aliphatic rings. The first-order valence-electron chi connectivity index (χ1n) is 8.20. The summed E-state index contributed by atoms with van der Waals surface area (Å²) in [4.78, 5) is 27.3. The molecule has 8 heteroatoms. The summed E-state index contributed by atoms with van der Waals surface area (Å²) in [5, 5.41) is 5.61. The van der Waals surface area contributed by atoms with Crippen LogP contribution in [0.1, 0.15) is 16.9 Å². The molecule has 1 aromatic heterocycles. The van der Waals surface area contributed by atoms with Gasteiger partial charge >= 0.3 is 0 Å².